The van der Waals surface area contributed by atoms with Gasteiger partial charge in [0.2, 0.25) is 0 Å². The van der Waals surface area contributed by atoms with Gasteiger partial charge in [-0.2, -0.15) is 0 Å². The van der Waals surface area contributed by atoms with Crippen molar-refractivity contribution in [1.29, 1.82) is 0 Å². The highest BCUT2D eigenvalue weighted by Crippen LogP contribution is 2.15. The van der Waals surface area contributed by atoms with Gasteiger partial charge in [-0.1, -0.05) is 55.8 Å². The lowest BCUT2D eigenvalue weighted by Gasteiger charge is -2.07. The summed E-state index contributed by atoms with van der Waals surface area (Å²) in [6.45, 7) is 3.78. The van der Waals surface area contributed by atoms with Crippen molar-refractivity contribution in [3.05, 3.63) is 48.0 Å². The van der Waals surface area contributed by atoms with Crippen LogP contribution in [0.5, 0.6) is 0 Å². The number of nitrogens with zero attached hydrogens (tertiary/aromatic N) is 1. The van der Waals surface area contributed by atoms with E-state index >= 15 is 0 Å². The van der Waals surface area contributed by atoms with Crippen LogP contribution in [0.3, 0.4) is 0 Å². The van der Waals surface area contributed by atoms with E-state index < -0.39 is 0 Å². The number of unbranched alkanes of at least 4 members (excludes halogenated alkanes) is 1. The van der Waals surface area contributed by atoms with Gasteiger partial charge in [-0.3, -0.25) is 4.99 Å². The van der Waals surface area contributed by atoms with Crippen molar-refractivity contribution >= 4 is 40.7 Å². The fourth-order valence-electron chi connectivity index (χ4n) is 2.14. The van der Waals surface area contributed by atoms with E-state index in [0.717, 1.165) is 32.4 Å². The van der Waals surface area contributed by atoms with Crippen LogP contribution in [0.1, 0.15) is 25.3 Å². The standard InChI is InChI=1S/C17H23N3.HI/c1-2-3-11-19-17(18)20-12-10-14-8-9-15-6-4-5-7-16(15)13-14;/h4-9,13H,2-3,10-12H2,1H3,(H3,18,19,20);1H. The molecule has 0 amide bonds. The Kier molecular flexibility index (Phi) is 8.12. The van der Waals surface area contributed by atoms with Crippen LogP contribution in [-0.2, 0) is 6.42 Å². The van der Waals surface area contributed by atoms with Gasteiger partial charge in [-0.05, 0) is 29.2 Å². The van der Waals surface area contributed by atoms with E-state index in [4.69, 9.17) is 5.73 Å². The number of rotatable bonds is 6. The quantitative estimate of drug-likeness (QED) is 0.338. The second-order valence-electron chi connectivity index (χ2n) is 4.98. The summed E-state index contributed by atoms with van der Waals surface area (Å²) in [5.41, 5.74) is 7.13. The smallest absolute Gasteiger partial charge is 0.188 e. The Morgan fingerprint density at radius 1 is 1.14 bits per heavy atom. The molecule has 0 atom stereocenters. The molecule has 3 N–H and O–H groups in total. The summed E-state index contributed by atoms with van der Waals surface area (Å²) < 4.78 is 0. The predicted octanol–water partition coefficient (Wildman–Crippen LogP) is 3.70. The van der Waals surface area contributed by atoms with Crippen molar-refractivity contribution in [3.63, 3.8) is 0 Å². The molecule has 0 aromatic heterocycles. The van der Waals surface area contributed by atoms with Crippen LogP contribution in [-0.4, -0.2) is 19.0 Å². The number of guanidine groups is 1. The molecular weight excluding hydrogens is 373 g/mol. The van der Waals surface area contributed by atoms with Crippen molar-refractivity contribution in [2.45, 2.75) is 26.2 Å². The molecule has 114 valence electrons. The monoisotopic (exact) mass is 397 g/mol. The molecule has 0 aliphatic heterocycles. The average Bonchev–Trinajstić information content (AvgIpc) is 2.47. The molecule has 0 fully saturated rings. The van der Waals surface area contributed by atoms with E-state index in [1.807, 2.05) is 0 Å². The molecule has 0 spiro atoms. The SMILES string of the molecule is CCCCN=C(N)NCCc1ccc2ccccc2c1.I. The molecule has 0 radical (unpaired) electrons. The Balaban J connectivity index is 0.00000220. The van der Waals surface area contributed by atoms with Gasteiger partial charge in [0, 0.05) is 13.1 Å². The first-order valence-electron chi connectivity index (χ1n) is 7.31. The topological polar surface area (TPSA) is 50.4 Å². The second kappa shape index (κ2) is 9.60. The van der Waals surface area contributed by atoms with Gasteiger partial charge in [0.25, 0.3) is 0 Å². The van der Waals surface area contributed by atoms with Crippen molar-refractivity contribution in [1.82, 2.24) is 5.32 Å². The van der Waals surface area contributed by atoms with E-state index in [-0.39, 0.29) is 24.0 Å². The molecular formula is C17H24IN3. The lowest BCUT2D eigenvalue weighted by Crippen LogP contribution is -2.33. The fraction of sp³-hybridized carbons (Fsp3) is 0.353. The summed E-state index contributed by atoms with van der Waals surface area (Å²) in [4.78, 5) is 4.28. The van der Waals surface area contributed by atoms with Crippen LogP contribution in [0.4, 0.5) is 0 Å². The molecule has 4 heteroatoms. The van der Waals surface area contributed by atoms with E-state index in [9.17, 15) is 0 Å². The van der Waals surface area contributed by atoms with Gasteiger partial charge >= 0.3 is 0 Å². The summed E-state index contributed by atoms with van der Waals surface area (Å²) in [5.74, 6) is 0.555. The van der Waals surface area contributed by atoms with Gasteiger partial charge in [0.15, 0.2) is 5.96 Å². The summed E-state index contributed by atoms with van der Waals surface area (Å²) >= 11 is 0. The van der Waals surface area contributed by atoms with E-state index in [0.29, 0.717) is 5.96 Å². The molecule has 2 aromatic rings. The van der Waals surface area contributed by atoms with E-state index in [2.05, 4.69) is 59.7 Å². The molecule has 2 rings (SSSR count). The Morgan fingerprint density at radius 3 is 2.67 bits per heavy atom. The number of fused-ring (bicyclic) bond motifs is 1. The first-order chi connectivity index (χ1) is 9.79. The Hall–Kier alpha value is -1.30. The third kappa shape index (κ3) is 5.91. The molecule has 21 heavy (non-hydrogen) atoms. The van der Waals surface area contributed by atoms with Crippen molar-refractivity contribution in [2.75, 3.05) is 13.1 Å². The van der Waals surface area contributed by atoms with Crippen molar-refractivity contribution in [3.8, 4) is 0 Å². The van der Waals surface area contributed by atoms with Crippen LogP contribution < -0.4 is 11.1 Å². The molecule has 0 unspecified atom stereocenters. The highest BCUT2D eigenvalue weighted by atomic mass is 127. The van der Waals surface area contributed by atoms with Crippen LogP contribution in [0, 0.1) is 0 Å². The lowest BCUT2D eigenvalue weighted by molar-refractivity contribution is 0.791. The second-order valence-corrected chi connectivity index (χ2v) is 4.98. The van der Waals surface area contributed by atoms with Gasteiger partial charge in [0.05, 0.1) is 0 Å². The summed E-state index contributed by atoms with van der Waals surface area (Å²) in [7, 11) is 0. The Bertz CT molecular complexity index is 581. The molecule has 3 nitrogen and oxygen atoms in total. The minimum Gasteiger partial charge on any atom is -0.370 e. The zero-order chi connectivity index (χ0) is 14.2. The van der Waals surface area contributed by atoms with Crippen LogP contribution in [0.15, 0.2) is 47.5 Å². The normalized spacial score (nSPS) is 11.2. The number of benzene rings is 2. The Labute approximate surface area is 144 Å². The van der Waals surface area contributed by atoms with Gasteiger partial charge < -0.3 is 11.1 Å². The first-order valence-corrected chi connectivity index (χ1v) is 7.31. The van der Waals surface area contributed by atoms with Gasteiger partial charge in [-0.15, -0.1) is 24.0 Å². The molecule has 0 aliphatic rings. The molecule has 0 aliphatic carbocycles. The highest BCUT2D eigenvalue weighted by Gasteiger charge is 1.97. The molecule has 0 saturated carbocycles. The van der Waals surface area contributed by atoms with Gasteiger partial charge in [0.1, 0.15) is 0 Å². The fourth-order valence-corrected chi connectivity index (χ4v) is 2.14. The predicted molar refractivity (Wildman–Crippen MR) is 102 cm³/mol. The largest absolute Gasteiger partial charge is 0.370 e. The third-order valence-electron chi connectivity index (χ3n) is 3.33. The number of nitrogens with one attached hydrogen (secondary N) is 1. The first kappa shape index (κ1) is 17.8. The van der Waals surface area contributed by atoms with E-state index in [1.54, 1.807) is 0 Å². The number of nitrogens with two attached hydrogens (primary N) is 1. The number of hydrogen-bond acceptors (Lipinski definition) is 1. The lowest BCUT2D eigenvalue weighted by atomic mass is 10.1. The zero-order valence-electron chi connectivity index (χ0n) is 12.5. The zero-order valence-corrected chi connectivity index (χ0v) is 14.8. The molecule has 0 bridgehead atoms. The number of halogens is 1. The van der Waals surface area contributed by atoms with Crippen molar-refractivity contribution in [2.24, 2.45) is 10.7 Å². The van der Waals surface area contributed by atoms with Crippen molar-refractivity contribution < 1.29 is 0 Å². The summed E-state index contributed by atoms with van der Waals surface area (Å²) in [6.07, 6.45) is 3.19. The summed E-state index contributed by atoms with van der Waals surface area (Å²) in [6, 6.07) is 15.0. The minimum atomic E-state index is 0. The summed E-state index contributed by atoms with van der Waals surface area (Å²) in [5, 5.41) is 5.73. The maximum atomic E-state index is 5.81. The molecule has 0 heterocycles. The third-order valence-corrected chi connectivity index (χ3v) is 3.33. The van der Waals surface area contributed by atoms with Crippen LogP contribution in [0.25, 0.3) is 10.8 Å². The average molecular weight is 397 g/mol. The minimum absolute atomic E-state index is 0. The van der Waals surface area contributed by atoms with Crippen LogP contribution >= 0.6 is 24.0 Å². The van der Waals surface area contributed by atoms with E-state index in [1.165, 1.54) is 16.3 Å². The molecule has 2 aromatic carbocycles. The maximum absolute atomic E-state index is 5.81. The molecule has 0 saturated heterocycles. The van der Waals surface area contributed by atoms with Gasteiger partial charge in [-0.25, -0.2) is 0 Å². The Morgan fingerprint density at radius 2 is 1.90 bits per heavy atom. The number of hydrogen-bond donors (Lipinski definition) is 2. The number of aliphatic imine (C=N–C) groups is 1. The van der Waals surface area contributed by atoms with Crippen LogP contribution in [0.2, 0.25) is 0 Å². The maximum Gasteiger partial charge on any atom is 0.188 e. The highest BCUT2D eigenvalue weighted by molar-refractivity contribution is 14.0.